The fraction of sp³-hybridized carbons (Fsp3) is 0.364. The van der Waals surface area contributed by atoms with Crippen molar-refractivity contribution >= 4 is 27.2 Å². The molecule has 0 aliphatic carbocycles. The van der Waals surface area contributed by atoms with Crippen LogP contribution < -0.4 is 0 Å². The third kappa shape index (κ3) is 7.83. The molecule has 106 valence electrons. The smallest absolute Gasteiger partial charge is 0.396 e. The summed E-state index contributed by atoms with van der Waals surface area (Å²) in [4.78, 5) is 0. The van der Waals surface area contributed by atoms with Gasteiger partial charge in [0, 0.05) is 18.8 Å². The van der Waals surface area contributed by atoms with Gasteiger partial charge in [0.05, 0.1) is 0 Å². The van der Waals surface area contributed by atoms with Crippen molar-refractivity contribution in [2.24, 2.45) is 5.16 Å². The molecule has 0 unspecified atom stereocenters. The van der Waals surface area contributed by atoms with E-state index < -0.39 is 10.4 Å². The van der Waals surface area contributed by atoms with Gasteiger partial charge in [0.2, 0.25) is 0 Å². The van der Waals surface area contributed by atoms with Crippen molar-refractivity contribution in [2.45, 2.75) is 12.8 Å². The largest absolute Gasteiger partial charge is 0.466 e. The Labute approximate surface area is 116 Å². The van der Waals surface area contributed by atoms with Gasteiger partial charge in [-0.25, -0.2) is 4.28 Å². The van der Waals surface area contributed by atoms with E-state index in [0.29, 0.717) is 23.6 Å². The van der Waals surface area contributed by atoms with Gasteiger partial charge in [-0.3, -0.25) is 4.55 Å². The number of thioether (sulfide) groups is 1. The lowest BCUT2D eigenvalue weighted by atomic mass is 10.2. The predicted octanol–water partition coefficient (Wildman–Crippen LogP) is 1.48. The van der Waals surface area contributed by atoms with Gasteiger partial charge in [0.25, 0.3) is 0 Å². The van der Waals surface area contributed by atoms with Gasteiger partial charge in [-0.15, -0.1) is 11.8 Å². The minimum atomic E-state index is -4.59. The molecule has 8 heteroatoms. The molecule has 1 aromatic carbocycles. The van der Waals surface area contributed by atoms with Crippen molar-refractivity contribution in [1.29, 1.82) is 0 Å². The van der Waals surface area contributed by atoms with Crippen LogP contribution in [0, 0.1) is 0 Å². The van der Waals surface area contributed by atoms with Crippen molar-refractivity contribution in [1.82, 2.24) is 0 Å². The summed E-state index contributed by atoms with van der Waals surface area (Å²) in [6.07, 6.45) is 0.955. The molecule has 0 atom stereocenters. The van der Waals surface area contributed by atoms with E-state index in [2.05, 4.69) is 9.44 Å². The lowest BCUT2D eigenvalue weighted by Gasteiger charge is -2.05. The van der Waals surface area contributed by atoms with Crippen molar-refractivity contribution in [3.05, 3.63) is 35.9 Å². The van der Waals surface area contributed by atoms with E-state index >= 15 is 0 Å². The predicted molar refractivity (Wildman–Crippen MR) is 74.4 cm³/mol. The molecule has 0 aliphatic rings. The van der Waals surface area contributed by atoms with Crippen LogP contribution in [-0.4, -0.2) is 35.5 Å². The molecule has 0 fully saturated rings. The quantitative estimate of drug-likeness (QED) is 0.260. The molecule has 0 spiro atoms. The zero-order valence-corrected chi connectivity index (χ0v) is 11.7. The number of nitrogens with zero attached hydrogens (tertiary/aromatic N) is 1. The van der Waals surface area contributed by atoms with E-state index in [4.69, 9.17) is 9.66 Å². The molecule has 0 aliphatic heterocycles. The third-order valence-electron chi connectivity index (χ3n) is 2.00. The molecular formula is C11H15NO5S2. The molecule has 0 aromatic heterocycles. The number of hydrogen-bond donors (Lipinski definition) is 2. The normalized spacial score (nSPS) is 12.4. The molecule has 6 nitrogen and oxygen atoms in total. The minimum Gasteiger partial charge on any atom is -0.396 e. The molecule has 0 bridgehead atoms. The van der Waals surface area contributed by atoms with Crippen molar-refractivity contribution in [2.75, 3.05) is 12.4 Å². The van der Waals surface area contributed by atoms with E-state index in [1.54, 1.807) is 0 Å². The molecule has 1 rings (SSSR count). The van der Waals surface area contributed by atoms with Crippen LogP contribution >= 0.6 is 11.8 Å². The van der Waals surface area contributed by atoms with Crippen LogP contribution in [0.15, 0.2) is 35.5 Å². The lowest BCUT2D eigenvalue weighted by molar-refractivity contribution is 0.282. The second-order valence-corrected chi connectivity index (χ2v) is 5.75. The fourth-order valence-electron chi connectivity index (χ4n) is 1.22. The first-order valence-corrected chi connectivity index (χ1v) is 7.87. The highest BCUT2D eigenvalue weighted by Crippen LogP contribution is 2.13. The zero-order valence-electron chi connectivity index (χ0n) is 10.1. The maximum Gasteiger partial charge on any atom is 0.466 e. The Kier molecular flexibility index (Phi) is 6.85. The highest BCUT2D eigenvalue weighted by atomic mass is 32.3. The Morgan fingerprint density at radius 2 is 2.00 bits per heavy atom. The minimum absolute atomic E-state index is 0.0464. The number of rotatable bonds is 7. The van der Waals surface area contributed by atoms with Gasteiger partial charge in [-0.05, 0) is 12.0 Å². The summed E-state index contributed by atoms with van der Waals surface area (Å²) in [5, 5.41) is 12.5. The average molecular weight is 305 g/mol. The van der Waals surface area contributed by atoms with Gasteiger partial charge in [0.15, 0.2) is 0 Å². The first kappa shape index (κ1) is 16.0. The molecule has 0 amide bonds. The van der Waals surface area contributed by atoms with E-state index in [-0.39, 0.29) is 6.61 Å². The Morgan fingerprint density at radius 1 is 1.32 bits per heavy atom. The van der Waals surface area contributed by atoms with E-state index in [9.17, 15) is 8.42 Å². The van der Waals surface area contributed by atoms with Crippen LogP contribution in [0.2, 0.25) is 0 Å². The van der Waals surface area contributed by atoms with Crippen LogP contribution in [0.3, 0.4) is 0 Å². The summed E-state index contributed by atoms with van der Waals surface area (Å²) < 4.78 is 33.5. The lowest BCUT2D eigenvalue weighted by Crippen LogP contribution is -2.05. The van der Waals surface area contributed by atoms with Gasteiger partial charge in [-0.1, -0.05) is 35.5 Å². The highest BCUT2D eigenvalue weighted by molar-refractivity contribution is 8.13. The number of hydrogen-bond acceptors (Lipinski definition) is 6. The first-order chi connectivity index (χ1) is 9.01. The molecule has 0 radical (unpaired) electrons. The molecule has 0 saturated carbocycles. The van der Waals surface area contributed by atoms with Crippen LogP contribution in [-0.2, 0) is 21.1 Å². The topological polar surface area (TPSA) is 96.2 Å². The average Bonchev–Trinajstić information content (AvgIpc) is 2.36. The van der Waals surface area contributed by atoms with Crippen LogP contribution in [0.25, 0.3) is 0 Å². The summed E-state index contributed by atoms with van der Waals surface area (Å²) in [7, 11) is -4.59. The van der Waals surface area contributed by atoms with Crippen LogP contribution in [0.1, 0.15) is 12.0 Å². The Hall–Kier alpha value is -1.09. The molecular weight excluding hydrogens is 290 g/mol. The van der Waals surface area contributed by atoms with Gasteiger partial charge in [-0.2, -0.15) is 8.42 Å². The second kappa shape index (κ2) is 8.16. The molecule has 0 heterocycles. The van der Waals surface area contributed by atoms with Crippen molar-refractivity contribution < 1.29 is 22.4 Å². The van der Waals surface area contributed by atoms with Gasteiger partial charge < -0.3 is 5.11 Å². The number of oxime groups is 1. The molecule has 2 N–H and O–H groups in total. The SMILES string of the molecule is O=S(=O)(O)O/N=C(/Cc1ccccc1)SCCCO. The Morgan fingerprint density at radius 3 is 2.58 bits per heavy atom. The standard InChI is InChI=1S/C11H15NO5S2/c13-7-4-8-18-11(12-17-19(14,15)16)9-10-5-2-1-3-6-10/h1-3,5-6,13H,4,7-9H2,(H,14,15,16)/b12-11-. The van der Waals surface area contributed by atoms with Gasteiger partial charge >= 0.3 is 10.4 Å². The summed E-state index contributed by atoms with van der Waals surface area (Å²) >= 11 is 1.27. The number of benzene rings is 1. The summed E-state index contributed by atoms with van der Waals surface area (Å²) in [6, 6.07) is 9.32. The number of aliphatic hydroxyl groups excluding tert-OH is 1. The molecule has 1 aromatic rings. The maximum atomic E-state index is 10.5. The number of aliphatic hydroxyl groups is 1. The maximum absolute atomic E-state index is 10.5. The Bertz CT molecular complexity index is 501. The summed E-state index contributed by atoms with van der Waals surface area (Å²) in [5.74, 6) is 0.580. The van der Waals surface area contributed by atoms with Crippen LogP contribution in [0.5, 0.6) is 0 Å². The van der Waals surface area contributed by atoms with E-state index in [1.807, 2.05) is 30.3 Å². The fourth-order valence-corrected chi connectivity index (χ4v) is 2.32. The monoisotopic (exact) mass is 305 g/mol. The van der Waals surface area contributed by atoms with Crippen molar-refractivity contribution in [3.63, 3.8) is 0 Å². The Balaban J connectivity index is 2.68. The van der Waals surface area contributed by atoms with Gasteiger partial charge in [0.1, 0.15) is 5.04 Å². The molecule has 19 heavy (non-hydrogen) atoms. The second-order valence-electron chi connectivity index (χ2n) is 3.58. The summed E-state index contributed by atoms with van der Waals surface area (Å²) in [5.41, 5.74) is 0.941. The van der Waals surface area contributed by atoms with E-state index in [0.717, 1.165) is 5.56 Å². The first-order valence-electron chi connectivity index (χ1n) is 5.52. The summed E-state index contributed by atoms with van der Waals surface area (Å²) in [6.45, 7) is 0.0464. The third-order valence-corrected chi connectivity index (χ3v) is 3.31. The van der Waals surface area contributed by atoms with Crippen molar-refractivity contribution in [3.8, 4) is 0 Å². The van der Waals surface area contributed by atoms with Crippen LogP contribution in [0.4, 0.5) is 0 Å². The van der Waals surface area contributed by atoms with E-state index in [1.165, 1.54) is 11.8 Å². The highest BCUT2D eigenvalue weighted by Gasteiger charge is 2.08. The molecule has 0 saturated heterocycles. The zero-order chi connectivity index (χ0) is 14.1.